The smallest absolute Gasteiger partial charge is 0.231 e. The van der Waals surface area contributed by atoms with Gasteiger partial charge in [-0.2, -0.15) is 0 Å². The zero-order valence-corrected chi connectivity index (χ0v) is 12.0. The van der Waals surface area contributed by atoms with Gasteiger partial charge in [0.15, 0.2) is 0 Å². The molecule has 0 aromatic heterocycles. The summed E-state index contributed by atoms with van der Waals surface area (Å²) in [5, 5.41) is 0. The summed E-state index contributed by atoms with van der Waals surface area (Å²) >= 11 is 1.80. The first-order chi connectivity index (χ1) is 9.20. The molecule has 3 rings (SSSR count). The van der Waals surface area contributed by atoms with Crippen LogP contribution in [-0.2, 0) is 4.79 Å². The van der Waals surface area contributed by atoms with Crippen molar-refractivity contribution in [3.8, 4) is 0 Å². The van der Waals surface area contributed by atoms with Crippen LogP contribution < -0.4 is 5.73 Å². The van der Waals surface area contributed by atoms with Crippen LogP contribution in [0, 0.1) is 5.92 Å². The van der Waals surface area contributed by atoms with Crippen LogP contribution in [0.2, 0.25) is 0 Å². The monoisotopic (exact) mass is 276 g/mol. The number of hydrogen-bond acceptors (Lipinski definition) is 3. The molecule has 3 nitrogen and oxygen atoms in total. The van der Waals surface area contributed by atoms with E-state index in [1.165, 1.54) is 10.5 Å². The number of nitrogens with two attached hydrogens (primary N) is 1. The average Bonchev–Trinajstić information content (AvgIpc) is 3.01. The molecule has 0 spiro atoms. The third-order valence-electron chi connectivity index (χ3n) is 4.28. The van der Waals surface area contributed by atoms with E-state index in [2.05, 4.69) is 19.1 Å². The van der Waals surface area contributed by atoms with Gasteiger partial charge in [0.25, 0.3) is 0 Å². The Morgan fingerprint density at radius 1 is 1.47 bits per heavy atom. The van der Waals surface area contributed by atoms with Crippen molar-refractivity contribution in [2.45, 2.75) is 30.2 Å². The van der Waals surface area contributed by atoms with E-state index in [1.54, 1.807) is 11.8 Å². The third kappa shape index (κ3) is 2.28. The minimum atomic E-state index is 0.0418. The molecule has 19 heavy (non-hydrogen) atoms. The molecule has 0 saturated carbocycles. The van der Waals surface area contributed by atoms with Crippen molar-refractivity contribution in [2.75, 3.05) is 18.8 Å². The van der Waals surface area contributed by atoms with Gasteiger partial charge < -0.3 is 10.6 Å². The lowest BCUT2D eigenvalue weighted by Gasteiger charge is -2.25. The maximum absolute atomic E-state index is 12.8. The molecular formula is C15H20N2OS. The van der Waals surface area contributed by atoms with Gasteiger partial charge in [-0.25, -0.2) is 0 Å². The number of nitrogens with zero attached hydrogens (tertiary/aromatic N) is 1. The number of amides is 1. The van der Waals surface area contributed by atoms with Crippen molar-refractivity contribution < 1.29 is 4.79 Å². The van der Waals surface area contributed by atoms with E-state index in [4.69, 9.17) is 5.73 Å². The highest BCUT2D eigenvalue weighted by Crippen LogP contribution is 2.41. The lowest BCUT2D eigenvalue weighted by atomic mass is 9.99. The molecule has 2 heterocycles. The first kappa shape index (κ1) is 13.0. The fourth-order valence-corrected chi connectivity index (χ4v) is 4.41. The van der Waals surface area contributed by atoms with Gasteiger partial charge >= 0.3 is 0 Å². The predicted octanol–water partition coefficient (Wildman–Crippen LogP) is 2.07. The van der Waals surface area contributed by atoms with Crippen LogP contribution in [0.4, 0.5) is 0 Å². The molecule has 1 saturated heterocycles. The van der Waals surface area contributed by atoms with E-state index in [9.17, 15) is 4.79 Å². The number of fused-ring (bicyclic) bond motifs is 1. The Kier molecular flexibility index (Phi) is 3.54. The van der Waals surface area contributed by atoms with E-state index in [-0.39, 0.29) is 5.92 Å². The Hall–Kier alpha value is -1.00. The molecule has 0 radical (unpaired) electrons. The minimum absolute atomic E-state index is 0.0418. The zero-order chi connectivity index (χ0) is 13.4. The fourth-order valence-electron chi connectivity index (χ4n) is 3.19. The number of hydrogen-bond donors (Lipinski definition) is 1. The van der Waals surface area contributed by atoms with E-state index in [0.717, 1.165) is 18.7 Å². The van der Waals surface area contributed by atoms with Crippen molar-refractivity contribution in [2.24, 2.45) is 11.7 Å². The summed E-state index contributed by atoms with van der Waals surface area (Å²) in [5.41, 5.74) is 6.96. The van der Waals surface area contributed by atoms with Gasteiger partial charge in [0.05, 0.1) is 5.92 Å². The summed E-state index contributed by atoms with van der Waals surface area (Å²) < 4.78 is 0. The maximum Gasteiger partial charge on any atom is 0.231 e. The summed E-state index contributed by atoms with van der Waals surface area (Å²) in [5.74, 6) is 1.69. The minimum Gasteiger partial charge on any atom is -0.339 e. The van der Waals surface area contributed by atoms with Crippen LogP contribution in [-0.4, -0.2) is 35.7 Å². The number of carbonyl (C=O) groups excluding carboxylic acids is 1. The van der Waals surface area contributed by atoms with E-state index >= 15 is 0 Å². The van der Waals surface area contributed by atoms with Crippen LogP contribution >= 0.6 is 11.8 Å². The second-order valence-electron chi connectivity index (χ2n) is 5.58. The largest absolute Gasteiger partial charge is 0.339 e. The normalized spacial score (nSPS) is 29.6. The van der Waals surface area contributed by atoms with Crippen molar-refractivity contribution in [3.63, 3.8) is 0 Å². The average molecular weight is 276 g/mol. The van der Waals surface area contributed by atoms with Crippen LogP contribution in [0.3, 0.4) is 0 Å². The first-order valence-electron chi connectivity index (χ1n) is 6.93. The molecule has 0 bridgehead atoms. The standard InChI is InChI=1S/C15H20N2OS/c1-10-6-11(7-16)8-17(10)15(18)13-9-19-14-5-3-2-4-12(13)14/h2-5,10-11,13H,6-9,16H2,1H3. The van der Waals surface area contributed by atoms with Gasteiger partial charge in [-0.3, -0.25) is 4.79 Å². The van der Waals surface area contributed by atoms with Crippen LogP contribution in [0.5, 0.6) is 0 Å². The highest BCUT2D eigenvalue weighted by molar-refractivity contribution is 7.99. The number of carbonyl (C=O) groups is 1. The molecule has 2 aliphatic rings. The number of thioether (sulfide) groups is 1. The van der Waals surface area contributed by atoms with Gasteiger partial charge in [0.2, 0.25) is 5.91 Å². The van der Waals surface area contributed by atoms with Crippen LogP contribution in [0.1, 0.15) is 24.8 Å². The lowest BCUT2D eigenvalue weighted by molar-refractivity contribution is -0.132. The number of likely N-dealkylation sites (tertiary alicyclic amines) is 1. The molecule has 102 valence electrons. The second-order valence-corrected chi connectivity index (χ2v) is 6.64. The molecule has 1 amide bonds. The molecule has 1 aromatic carbocycles. The SMILES string of the molecule is CC1CC(CN)CN1C(=O)C1CSc2ccccc21. The highest BCUT2D eigenvalue weighted by Gasteiger charge is 2.38. The fraction of sp³-hybridized carbons (Fsp3) is 0.533. The Bertz CT molecular complexity index is 491. The van der Waals surface area contributed by atoms with E-state index < -0.39 is 0 Å². The first-order valence-corrected chi connectivity index (χ1v) is 7.91. The number of rotatable bonds is 2. The van der Waals surface area contributed by atoms with E-state index in [0.29, 0.717) is 24.4 Å². The van der Waals surface area contributed by atoms with Crippen LogP contribution in [0.15, 0.2) is 29.2 Å². The Morgan fingerprint density at radius 2 is 2.26 bits per heavy atom. The van der Waals surface area contributed by atoms with Gasteiger partial charge in [-0.1, -0.05) is 18.2 Å². The van der Waals surface area contributed by atoms with E-state index in [1.807, 2.05) is 17.0 Å². The van der Waals surface area contributed by atoms with Gasteiger partial charge in [0.1, 0.15) is 0 Å². The van der Waals surface area contributed by atoms with Crippen LogP contribution in [0.25, 0.3) is 0 Å². The molecule has 0 aliphatic carbocycles. The van der Waals surface area contributed by atoms with Crippen molar-refractivity contribution in [1.82, 2.24) is 4.90 Å². The van der Waals surface area contributed by atoms with Gasteiger partial charge in [-0.05, 0) is 37.4 Å². The predicted molar refractivity (Wildman–Crippen MR) is 78.2 cm³/mol. The second kappa shape index (κ2) is 5.17. The molecule has 1 aromatic rings. The molecule has 3 unspecified atom stereocenters. The molecule has 1 fully saturated rings. The Labute approximate surface area is 118 Å². The summed E-state index contributed by atoms with van der Waals surface area (Å²) in [6.45, 7) is 3.66. The van der Waals surface area contributed by atoms with Crippen molar-refractivity contribution in [1.29, 1.82) is 0 Å². The van der Waals surface area contributed by atoms with Gasteiger partial charge in [-0.15, -0.1) is 11.8 Å². The highest BCUT2D eigenvalue weighted by atomic mass is 32.2. The summed E-state index contributed by atoms with van der Waals surface area (Å²) in [4.78, 5) is 16.1. The molecule has 4 heteroatoms. The molecule has 3 atom stereocenters. The lowest BCUT2D eigenvalue weighted by Crippen LogP contribution is -2.38. The summed E-state index contributed by atoms with van der Waals surface area (Å²) in [6, 6.07) is 8.62. The Morgan fingerprint density at radius 3 is 3.00 bits per heavy atom. The topological polar surface area (TPSA) is 46.3 Å². The molecule has 2 N–H and O–H groups in total. The van der Waals surface area contributed by atoms with Crippen molar-refractivity contribution >= 4 is 17.7 Å². The third-order valence-corrected chi connectivity index (χ3v) is 5.46. The summed E-state index contributed by atoms with van der Waals surface area (Å²) in [7, 11) is 0. The Balaban J connectivity index is 1.79. The van der Waals surface area contributed by atoms with Gasteiger partial charge in [0, 0.05) is 23.2 Å². The number of benzene rings is 1. The molecular weight excluding hydrogens is 256 g/mol. The molecule has 2 aliphatic heterocycles. The zero-order valence-electron chi connectivity index (χ0n) is 11.2. The quantitative estimate of drug-likeness (QED) is 0.899. The van der Waals surface area contributed by atoms with Crippen molar-refractivity contribution in [3.05, 3.63) is 29.8 Å². The summed E-state index contributed by atoms with van der Waals surface area (Å²) in [6.07, 6.45) is 1.05. The maximum atomic E-state index is 12.8.